The van der Waals surface area contributed by atoms with Crippen LogP contribution in [0.3, 0.4) is 0 Å². The summed E-state index contributed by atoms with van der Waals surface area (Å²) in [5, 5.41) is 35.9. The normalized spacial score (nSPS) is 20.4. The third kappa shape index (κ3) is 4.12. The third-order valence-electron chi connectivity index (χ3n) is 1.47. The van der Waals surface area contributed by atoms with Gasteiger partial charge in [-0.2, -0.15) is 0 Å². The number of hydrogen-bond acceptors (Lipinski definition) is 6. The van der Waals surface area contributed by atoms with E-state index < -0.39 is 24.4 Å². The molecule has 0 bridgehead atoms. The predicted octanol–water partition coefficient (Wildman–Crippen LogP) is -2.04. The van der Waals surface area contributed by atoms with Gasteiger partial charge in [0.1, 0.15) is 24.4 Å². The van der Waals surface area contributed by atoms with Gasteiger partial charge in [-0.3, -0.25) is 0 Å². The zero-order valence-corrected chi connectivity index (χ0v) is 8.16. The molecule has 0 amide bonds. The van der Waals surface area contributed by atoms with Gasteiger partial charge in [-0.1, -0.05) is 0 Å². The summed E-state index contributed by atoms with van der Waals surface area (Å²) in [5.41, 5.74) is 0. The average Bonchev–Trinajstić information content (AvgIpc) is 2.14. The lowest BCUT2D eigenvalue weighted by Crippen LogP contribution is -2.46. The molecule has 7 heteroatoms. The van der Waals surface area contributed by atoms with Crippen LogP contribution in [0, 0.1) is 0 Å². The molecule has 0 aromatic carbocycles. The molecule has 0 aliphatic carbocycles. The van der Waals surface area contributed by atoms with Crippen molar-refractivity contribution >= 4 is 22.5 Å². The Morgan fingerprint density at radius 3 is 2.15 bits per heavy atom. The molecule has 0 aromatic rings. The molecular formula is C6H11BrO6. The van der Waals surface area contributed by atoms with Crippen molar-refractivity contribution in [3.63, 3.8) is 0 Å². The van der Waals surface area contributed by atoms with Crippen LogP contribution in [0.15, 0.2) is 0 Å². The standard InChI is InChI=1S/C6H11BrO6/c7-13-2-4(10)6(12)5(11)3(9)1-8/h1,3-6,9-12H,2H2/t3-,4+,5+,6-/m0/s1. The SMILES string of the molecule is O=C[C@H](O)[C@@H](O)[C@@H](O)[C@H](O)COBr. The first kappa shape index (κ1) is 12.9. The fraction of sp³-hybridized carbons (Fsp3) is 0.833. The van der Waals surface area contributed by atoms with E-state index in [1.54, 1.807) is 0 Å². The van der Waals surface area contributed by atoms with Crippen LogP contribution in [0.25, 0.3) is 0 Å². The number of aliphatic hydroxyl groups excluding tert-OH is 4. The predicted molar refractivity (Wildman–Crippen MR) is 45.0 cm³/mol. The van der Waals surface area contributed by atoms with Crippen LogP contribution in [-0.4, -0.2) is 57.7 Å². The molecule has 0 radical (unpaired) electrons. The Morgan fingerprint density at radius 1 is 1.23 bits per heavy atom. The Morgan fingerprint density at radius 2 is 1.77 bits per heavy atom. The summed E-state index contributed by atoms with van der Waals surface area (Å²) in [7, 11) is 0. The summed E-state index contributed by atoms with van der Waals surface area (Å²) >= 11 is 2.54. The van der Waals surface area contributed by atoms with E-state index in [4.69, 9.17) is 20.4 Å². The Labute approximate surface area is 83.2 Å². The zero-order chi connectivity index (χ0) is 10.4. The first-order valence-electron chi connectivity index (χ1n) is 3.45. The molecule has 0 rings (SSSR count). The summed E-state index contributed by atoms with van der Waals surface area (Å²) in [5.74, 6) is 0. The number of carbonyl (C=O) groups excluding carboxylic acids is 1. The summed E-state index contributed by atoms with van der Waals surface area (Å²) in [6, 6.07) is 0. The zero-order valence-electron chi connectivity index (χ0n) is 6.58. The van der Waals surface area contributed by atoms with E-state index in [9.17, 15) is 4.79 Å². The Bertz CT molecular complexity index is 154. The fourth-order valence-electron chi connectivity index (χ4n) is 0.673. The molecule has 0 heterocycles. The summed E-state index contributed by atoms with van der Waals surface area (Å²) in [6.45, 7) is -0.274. The maximum Gasteiger partial charge on any atom is 0.151 e. The molecule has 78 valence electrons. The molecule has 0 aromatic heterocycles. The van der Waals surface area contributed by atoms with E-state index >= 15 is 0 Å². The van der Waals surface area contributed by atoms with Crippen molar-refractivity contribution in [2.45, 2.75) is 24.4 Å². The minimum atomic E-state index is -1.73. The molecule has 0 unspecified atom stereocenters. The number of aliphatic hydroxyl groups is 4. The average molecular weight is 259 g/mol. The molecule has 4 N–H and O–H groups in total. The van der Waals surface area contributed by atoms with Gasteiger partial charge in [0.25, 0.3) is 0 Å². The van der Waals surface area contributed by atoms with E-state index in [2.05, 4.69) is 20.1 Å². The van der Waals surface area contributed by atoms with Crippen LogP contribution >= 0.6 is 16.3 Å². The maximum absolute atomic E-state index is 9.99. The quantitative estimate of drug-likeness (QED) is 0.409. The van der Waals surface area contributed by atoms with Crippen LogP contribution in [0.1, 0.15) is 0 Å². The van der Waals surface area contributed by atoms with Crippen molar-refractivity contribution < 1.29 is 29.0 Å². The van der Waals surface area contributed by atoms with Gasteiger partial charge in [0.2, 0.25) is 0 Å². The summed E-state index contributed by atoms with van der Waals surface area (Å²) in [4.78, 5) is 9.99. The molecule has 0 fully saturated rings. The molecular weight excluding hydrogens is 248 g/mol. The monoisotopic (exact) mass is 258 g/mol. The van der Waals surface area contributed by atoms with Crippen LogP contribution < -0.4 is 0 Å². The minimum Gasteiger partial charge on any atom is -0.388 e. The molecule has 0 spiro atoms. The number of carbonyl (C=O) groups is 1. The highest BCUT2D eigenvalue weighted by Crippen LogP contribution is 2.05. The Balaban J connectivity index is 4.06. The molecule has 0 aliphatic heterocycles. The van der Waals surface area contributed by atoms with Crippen molar-refractivity contribution in [2.24, 2.45) is 0 Å². The highest BCUT2D eigenvalue weighted by Gasteiger charge is 2.30. The third-order valence-corrected chi connectivity index (χ3v) is 1.73. The van der Waals surface area contributed by atoms with Gasteiger partial charge in [-0.05, 0) is 0 Å². The molecule has 0 saturated heterocycles. The van der Waals surface area contributed by atoms with Gasteiger partial charge >= 0.3 is 0 Å². The van der Waals surface area contributed by atoms with E-state index in [0.29, 0.717) is 0 Å². The van der Waals surface area contributed by atoms with Crippen molar-refractivity contribution in [1.82, 2.24) is 0 Å². The van der Waals surface area contributed by atoms with Crippen LogP contribution in [0.5, 0.6) is 0 Å². The van der Waals surface area contributed by atoms with E-state index in [1.807, 2.05) is 0 Å². The smallest absolute Gasteiger partial charge is 0.151 e. The van der Waals surface area contributed by atoms with Gasteiger partial charge in [-0.25, -0.2) is 0 Å². The van der Waals surface area contributed by atoms with Gasteiger partial charge in [0.05, 0.1) is 22.9 Å². The fourth-order valence-corrected chi connectivity index (χ4v) is 0.944. The first-order chi connectivity index (χ1) is 6.04. The lowest BCUT2D eigenvalue weighted by Gasteiger charge is -2.22. The van der Waals surface area contributed by atoms with E-state index in [0.717, 1.165) is 0 Å². The highest BCUT2D eigenvalue weighted by atomic mass is 79.9. The summed E-state index contributed by atoms with van der Waals surface area (Å²) < 4.78 is 4.31. The molecule has 0 aliphatic rings. The number of hydrogen-bond donors (Lipinski definition) is 4. The summed E-state index contributed by atoms with van der Waals surface area (Å²) in [6.07, 6.45) is -6.41. The number of halogens is 1. The van der Waals surface area contributed by atoms with Crippen molar-refractivity contribution in [2.75, 3.05) is 6.61 Å². The van der Waals surface area contributed by atoms with Crippen molar-refractivity contribution in [1.29, 1.82) is 0 Å². The Hall–Kier alpha value is -0.0500. The van der Waals surface area contributed by atoms with Crippen LogP contribution in [0.2, 0.25) is 0 Å². The van der Waals surface area contributed by atoms with Gasteiger partial charge in [-0.15, -0.1) is 0 Å². The molecule has 6 nitrogen and oxygen atoms in total. The number of rotatable bonds is 6. The molecule has 0 saturated carbocycles. The Kier molecular flexibility index (Phi) is 6.39. The topological polar surface area (TPSA) is 107 Å². The first-order valence-corrected chi connectivity index (χ1v) is 4.10. The van der Waals surface area contributed by atoms with Crippen LogP contribution in [-0.2, 0) is 8.62 Å². The lowest BCUT2D eigenvalue weighted by molar-refractivity contribution is -0.135. The van der Waals surface area contributed by atoms with Crippen molar-refractivity contribution in [3.8, 4) is 0 Å². The van der Waals surface area contributed by atoms with E-state index in [-0.39, 0.29) is 12.9 Å². The number of aldehydes is 1. The second kappa shape index (κ2) is 6.41. The second-order valence-electron chi connectivity index (χ2n) is 2.45. The van der Waals surface area contributed by atoms with Crippen LogP contribution in [0.4, 0.5) is 0 Å². The van der Waals surface area contributed by atoms with Gasteiger partial charge in [0, 0.05) is 0 Å². The lowest BCUT2D eigenvalue weighted by atomic mass is 10.0. The largest absolute Gasteiger partial charge is 0.388 e. The van der Waals surface area contributed by atoms with Crippen molar-refractivity contribution in [3.05, 3.63) is 0 Å². The maximum atomic E-state index is 9.99. The van der Waals surface area contributed by atoms with Gasteiger partial charge < -0.3 is 29.0 Å². The highest BCUT2D eigenvalue weighted by molar-refractivity contribution is 9.06. The molecule has 13 heavy (non-hydrogen) atoms. The molecule has 4 atom stereocenters. The van der Waals surface area contributed by atoms with Gasteiger partial charge in [0.15, 0.2) is 6.29 Å². The second-order valence-corrected chi connectivity index (χ2v) is 2.91. The van der Waals surface area contributed by atoms with E-state index in [1.165, 1.54) is 0 Å². The minimum absolute atomic E-state index is 0.0651.